The van der Waals surface area contributed by atoms with Crippen LogP contribution in [0.2, 0.25) is 5.02 Å². The Kier molecular flexibility index (Phi) is 6.66. The smallest absolute Gasteiger partial charge is 0.241 e. The highest BCUT2D eigenvalue weighted by Gasteiger charge is 2.25. The molecule has 4 nitrogen and oxygen atoms in total. The molecule has 0 saturated heterocycles. The number of benzene rings is 1. The quantitative estimate of drug-likeness (QED) is 0.768. The van der Waals surface area contributed by atoms with Crippen LogP contribution in [-0.2, 0) is 16.6 Å². The van der Waals surface area contributed by atoms with E-state index in [1.165, 1.54) is 6.07 Å². The van der Waals surface area contributed by atoms with Crippen molar-refractivity contribution in [3.8, 4) is 0 Å². The maximum Gasteiger partial charge on any atom is 0.241 e. The fourth-order valence-corrected chi connectivity index (χ4v) is 3.98. The molecule has 120 valence electrons. The first-order chi connectivity index (χ1) is 9.72. The average molecular weight is 333 g/mol. The van der Waals surface area contributed by atoms with Gasteiger partial charge in [0, 0.05) is 17.1 Å². The number of hydrogen-bond donors (Lipinski definition) is 2. The molecule has 0 atom stereocenters. The summed E-state index contributed by atoms with van der Waals surface area (Å²) in [6.45, 7) is 9.27. The summed E-state index contributed by atoms with van der Waals surface area (Å²) in [5, 5.41) is 3.63. The van der Waals surface area contributed by atoms with Crippen LogP contribution in [0.4, 0.5) is 0 Å². The van der Waals surface area contributed by atoms with Crippen molar-refractivity contribution in [3.05, 3.63) is 28.8 Å². The third-order valence-electron chi connectivity index (χ3n) is 3.19. The Morgan fingerprint density at radius 3 is 2.43 bits per heavy atom. The van der Waals surface area contributed by atoms with E-state index in [1.807, 2.05) is 27.7 Å². The van der Waals surface area contributed by atoms with Crippen LogP contribution in [0.5, 0.6) is 0 Å². The first-order valence-electron chi connectivity index (χ1n) is 7.25. The van der Waals surface area contributed by atoms with Crippen molar-refractivity contribution in [1.82, 2.24) is 10.0 Å². The van der Waals surface area contributed by atoms with Crippen molar-refractivity contribution in [2.24, 2.45) is 0 Å². The molecular formula is C15H25ClN2O2S. The van der Waals surface area contributed by atoms with Crippen LogP contribution >= 0.6 is 11.6 Å². The number of hydrogen-bond acceptors (Lipinski definition) is 3. The van der Waals surface area contributed by atoms with E-state index in [0.717, 1.165) is 24.9 Å². The van der Waals surface area contributed by atoms with E-state index < -0.39 is 15.6 Å². The third kappa shape index (κ3) is 5.58. The molecule has 1 aromatic carbocycles. The summed E-state index contributed by atoms with van der Waals surface area (Å²) in [7, 11) is -3.55. The maximum absolute atomic E-state index is 12.4. The van der Waals surface area contributed by atoms with Crippen LogP contribution in [0.25, 0.3) is 0 Å². The van der Waals surface area contributed by atoms with E-state index in [1.54, 1.807) is 12.1 Å². The van der Waals surface area contributed by atoms with Crippen LogP contribution in [0.15, 0.2) is 23.1 Å². The molecule has 0 saturated carbocycles. The van der Waals surface area contributed by atoms with Crippen LogP contribution in [0.3, 0.4) is 0 Å². The predicted octanol–water partition coefficient (Wildman–Crippen LogP) is 3.31. The molecule has 0 unspecified atom stereocenters. The molecule has 2 N–H and O–H groups in total. The Morgan fingerprint density at radius 1 is 1.24 bits per heavy atom. The van der Waals surface area contributed by atoms with Gasteiger partial charge in [0.05, 0.1) is 4.90 Å². The lowest BCUT2D eigenvalue weighted by Crippen LogP contribution is -2.43. The molecule has 0 aromatic heterocycles. The molecular weight excluding hydrogens is 308 g/mol. The van der Waals surface area contributed by atoms with E-state index in [4.69, 9.17) is 11.6 Å². The largest absolute Gasteiger partial charge is 0.313 e. The lowest BCUT2D eigenvalue weighted by molar-refractivity contribution is 0.418. The molecule has 0 fully saturated rings. The van der Waals surface area contributed by atoms with Crippen LogP contribution < -0.4 is 10.0 Å². The Balaban J connectivity index is 2.96. The molecule has 21 heavy (non-hydrogen) atoms. The SMILES string of the molecule is CCCC(C)(C)NS(=O)(=O)c1ccc(CNCC)c(Cl)c1. The second kappa shape index (κ2) is 7.58. The molecule has 0 radical (unpaired) electrons. The average Bonchev–Trinajstić information content (AvgIpc) is 2.35. The Hall–Kier alpha value is -0.620. The number of nitrogens with one attached hydrogen (secondary N) is 2. The highest BCUT2D eigenvalue weighted by atomic mass is 35.5. The highest BCUT2D eigenvalue weighted by Crippen LogP contribution is 2.23. The minimum absolute atomic E-state index is 0.205. The fraction of sp³-hybridized carbons (Fsp3) is 0.600. The van der Waals surface area contributed by atoms with Gasteiger partial charge in [-0.3, -0.25) is 0 Å². The van der Waals surface area contributed by atoms with Crippen LogP contribution in [0.1, 0.15) is 46.1 Å². The van der Waals surface area contributed by atoms with Crippen molar-refractivity contribution in [1.29, 1.82) is 0 Å². The standard InChI is InChI=1S/C15H25ClN2O2S/c1-5-9-15(3,4)18-21(19,20)13-8-7-12(11-17-6-2)14(16)10-13/h7-8,10,17-18H,5-6,9,11H2,1-4H3. The van der Waals surface area contributed by atoms with Gasteiger partial charge < -0.3 is 5.32 Å². The van der Waals surface area contributed by atoms with Crippen molar-refractivity contribution in [3.63, 3.8) is 0 Å². The zero-order valence-corrected chi connectivity index (χ0v) is 14.7. The monoisotopic (exact) mass is 332 g/mol. The molecule has 0 aliphatic carbocycles. The van der Waals surface area contributed by atoms with Gasteiger partial charge >= 0.3 is 0 Å². The second-order valence-electron chi connectivity index (χ2n) is 5.77. The topological polar surface area (TPSA) is 58.2 Å². The Morgan fingerprint density at radius 2 is 1.90 bits per heavy atom. The van der Waals surface area contributed by atoms with Gasteiger partial charge in [-0.25, -0.2) is 13.1 Å². The Bertz CT molecular complexity index is 571. The van der Waals surface area contributed by atoms with Crippen LogP contribution in [0, 0.1) is 0 Å². The van der Waals surface area contributed by atoms with Gasteiger partial charge in [0.25, 0.3) is 0 Å². The molecule has 0 bridgehead atoms. The van der Waals surface area contributed by atoms with Crippen molar-refractivity contribution >= 4 is 21.6 Å². The van der Waals surface area contributed by atoms with Crippen LogP contribution in [-0.4, -0.2) is 20.5 Å². The molecule has 0 aliphatic heterocycles. The normalized spacial score (nSPS) is 12.6. The van der Waals surface area contributed by atoms with E-state index in [9.17, 15) is 8.42 Å². The summed E-state index contributed by atoms with van der Waals surface area (Å²) in [5.41, 5.74) is 0.424. The Labute approximate surface area is 133 Å². The number of rotatable bonds is 8. The minimum Gasteiger partial charge on any atom is -0.313 e. The second-order valence-corrected chi connectivity index (χ2v) is 7.86. The zero-order valence-electron chi connectivity index (χ0n) is 13.2. The van der Waals surface area contributed by atoms with E-state index in [-0.39, 0.29) is 4.90 Å². The fourth-order valence-electron chi connectivity index (χ4n) is 2.20. The summed E-state index contributed by atoms with van der Waals surface area (Å²) in [6.07, 6.45) is 1.69. The summed E-state index contributed by atoms with van der Waals surface area (Å²) in [4.78, 5) is 0.205. The summed E-state index contributed by atoms with van der Waals surface area (Å²) in [5.74, 6) is 0. The summed E-state index contributed by atoms with van der Waals surface area (Å²) >= 11 is 6.17. The molecule has 6 heteroatoms. The molecule has 1 aromatic rings. The lowest BCUT2D eigenvalue weighted by Gasteiger charge is -2.25. The summed E-state index contributed by atoms with van der Waals surface area (Å²) in [6, 6.07) is 4.87. The van der Waals surface area contributed by atoms with Crippen molar-refractivity contribution in [2.75, 3.05) is 6.54 Å². The minimum atomic E-state index is -3.55. The number of sulfonamides is 1. The molecule has 0 spiro atoms. The van der Waals surface area contributed by atoms with Gasteiger partial charge in [0.2, 0.25) is 10.0 Å². The molecule has 1 rings (SSSR count). The van der Waals surface area contributed by atoms with Crippen molar-refractivity contribution in [2.45, 2.75) is 57.5 Å². The summed E-state index contributed by atoms with van der Waals surface area (Å²) < 4.78 is 27.6. The van der Waals surface area contributed by atoms with E-state index in [0.29, 0.717) is 11.6 Å². The predicted molar refractivity (Wildman–Crippen MR) is 88.1 cm³/mol. The molecule has 0 amide bonds. The van der Waals surface area contributed by atoms with Gasteiger partial charge in [-0.1, -0.05) is 37.9 Å². The third-order valence-corrected chi connectivity index (χ3v) is 5.23. The highest BCUT2D eigenvalue weighted by molar-refractivity contribution is 7.89. The van der Waals surface area contributed by atoms with E-state index in [2.05, 4.69) is 10.0 Å². The van der Waals surface area contributed by atoms with Gasteiger partial charge in [0.1, 0.15) is 0 Å². The van der Waals surface area contributed by atoms with E-state index >= 15 is 0 Å². The lowest BCUT2D eigenvalue weighted by atomic mass is 10.0. The van der Waals surface area contributed by atoms with Gasteiger partial charge in [-0.15, -0.1) is 0 Å². The first-order valence-corrected chi connectivity index (χ1v) is 9.11. The van der Waals surface area contributed by atoms with Gasteiger partial charge in [0.15, 0.2) is 0 Å². The van der Waals surface area contributed by atoms with Gasteiger partial charge in [-0.2, -0.15) is 0 Å². The first kappa shape index (κ1) is 18.4. The van der Waals surface area contributed by atoms with Crippen molar-refractivity contribution < 1.29 is 8.42 Å². The number of halogens is 1. The molecule has 0 heterocycles. The maximum atomic E-state index is 12.4. The molecule has 0 aliphatic rings. The zero-order chi connectivity index (χ0) is 16.1. The van der Waals surface area contributed by atoms with Gasteiger partial charge in [-0.05, 0) is 44.5 Å².